The van der Waals surface area contributed by atoms with E-state index in [-0.39, 0.29) is 23.7 Å². The maximum absolute atomic E-state index is 14.5. The van der Waals surface area contributed by atoms with Gasteiger partial charge in [-0.15, -0.1) is 0 Å². The first-order valence-electron chi connectivity index (χ1n) is 15.2. The van der Waals surface area contributed by atoms with Crippen LogP contribution in [-0.4, -0.2) is 74.8 Å². The number of esters is 1. The highest BCUT2D eigenvalue weighted by molar-refractivity contribution is 7.52. The molecule has 47 heavy (non-hydrogen) atoms. The number of aromatic nitrogens is 4. The molecule has 4 aromatic rings. The smallest absolute Gasteiger partial charge is 0.459 e. The molecule has 0 aliphatic heterocycles. The first kappa shape index (κ1) is 34.5. The molecule has 5 rings (SSSR count). The number of anilines is 2. The third-order valence-corrected chi connectivity index (χ3v) is 9.22. The highest BCUT2D eigenvalue weighted by Gasteiger charge is 2.70. The number of aliphatic hydroxyl groups is 1. The monoisotopic (exact) mass is 673 g/mol. The highest BCUT2D eigenvalue weighted by Crippen LogP contribution is 2.56. The maximum atomic E-state index is 14.5. The van der Waals surface area contributed by atoms with E-state index in [4.69, 9.17) is 24.3 Å². The Hall–Kier alpha value is -3.88. The van der Waals surface area contributed by atoms with Crippen molar-refractivity contribution in [3.05, 3.63) is 48.8 Å². The van der Waals surface area contributed by atoms with Gasteiger partial charge in [0, 0.05) is 12.4 Å². The Morgan fingerprint density at radius 1 is 1.19 bits per heavy atom. The number of nitrogens with one attached hydrogen (secondary N) is 2. The molecule has 6 atom stereocenters. The van der Waals surface area contributed by atoms with Crippen LogP contribution in [0.5, 0.6) is 5.75 Å². The molecule has 1 aliphatic rings. The predicted octanol–water partition coefficient (Wildman–Crippen LogP) is 4.75. The van der Waals surface area contributed by atoms with E-state index >= 15 is 0 Å². The van der Waals surface area contributed by atoms with Crippen molar-refractivity contribution < 1.29 is 37.4 Å². The molecular formula is C31H41FN7O7P. The fraction of sp³-hybridized carbons (Fsp3) is 0.484. The van der Waals surface area contributed by atoms with Gasteiger partial charge in [0.05, 0.1) is 12.9 Å². The zero-order chi connectivity index (χ0) is 34.1. The van der Waals surface area contributed by atoms with E-state index in [9.17, 15) is 18.9 Å². The fourth-order valence-corrected chi connectivity index (χ4v) is 6.78. The first-order valence-corrected chi connectivity index (χ1v) is 16.8. The van der Waals surface area contributed by atoms with E-state index < -0.39 is 50.5 Å². The Morgan fingerprint density at radius 3 is 2.60 bits per heavy atom. The number of benzene rings is 2. The van der Waals surface area contributed by atoms with Gasteiger partial charge < -0.3 is 30.2 Å². The molecule has 2 aromatic heterocycles. The zero-order valence-corrected chi connectivity index (χ0v) is 28.0. The van der Waals surface area contributed by atoms with Gasteiger partial charge in [-0.1, -0.05) is 64.1 Å². The van der Waals surface area contributed by atoms with Crippen LogP contribution in [0.25, 0.3) is 21.9 Å². The van der Waals surface area contributed by atoms with E-state index in [0.29, 0.717) is 28.8 Å². The topological polar surface area (TPSA) is 185 Å². The number of nitrogens with two attached hydrogens (primary N) is 1. The second kappa shape index (κ2) is 13.3. The van der Waals surface area contributed by atoms with Crippen molar-refractivity contribution in [1.82, 2.24) is 24.6 Å². The van der Waals surface area contributed by atoms with Gasteiger partial charge in [0.2, 0.25) is 5.95 Å². The second-order valence-electron chi connectivity index (χ2n) is 12.7. The van der Waals surface area contributed by atoms with Crippen molar-refractivity contribution in [2.45, 2.75) is 71.1 Å². The molecule has 0 bridgehead atoms. The molecule has 2 heterocycles. The lowest BCUT2D eigenvalue weighted by atomic mass is 9.99. The van der Waals surface area contributed by atoms with Crippen LogP contribution in [-0.2, 0) is 23.4 Å². The molecule has 0 radical (unpaired) electrons. The molecule has 2 aromatic carbocycles. The average Bonchev–Trinajstić information content (AvgIpc) is 3.33. The SMILES string of the molecule is CC[C@@H](O[C@@H]1C(O[P@](=O)(N[C@H](C)C(=O)OCC(C)(C)C)Oc2cccc3ccccc23)[C@]1(O)CF)n1cnc2c(NC)nc(N)nc21. The molecule has 0 amide bonds. The van der Waals surface area contributed by atoms with Crippen LogP contribution >= 0.6 is 7.75 Å². The van der Waals surface area contributed by atoms with E-state index in [1.165, 1.54) is 13.3 Å². The van der Waals surface area contributed by atoms with Crippen molar-refractivity contribution in [3.63, 3.8) is 0 Å². The quantitative estimate of drug-likeness (QED) is 0.106. The van der Waals surface area contributed by atoms with Gasteiger partial charge in [0.25, 0.3) is 0 Å². The lowest BCUT2D eigenvalue weighted by molar-refractivity contribution is -0.148. The number of fused-ring (bicyclic) bond motifs is 2. The molecule has 1 unspecified atom stereocenters. The number of nitrogen functional groups attached to an aromatic ring is 1. The van der Waals surface area contributed by atoms with Gasteiger partial charge in [-0.05, 0) is 30.2 Å². The average molecular weight is 674 g/mol. The van der Waals surface area contributed by atoms with E-state index in [2.05, 4.69) is 25.4 Å². The minimum atomic E-state index is -4.53. The summed E-state index contributed by atoms with van der Waals surface area (Å²) in [5.74, 6) is -0.110. The van der Waals surface area contributed by atoms with E-state index in [1.807, 2.05) is 45.9 Å². The number of nitrogens with zero attached hydrogens (tertiary/aromatic N) is 4. The lowest BCUT2D eigenvalue weighted by Crippen LogP contribution is -2.37. The van der Waals surface area contributed by atoms with Crippen molar-refractivity contribution in [2.75, 3.05) is 31.4 Å². The summed E-state index contributed by atoms with van der Waals surface area (Å²) in [5, 5.41) is 18.2. The second-order valence-corrected chi connectivity index (χ2v) is 14.3. The largest absolute Gasteiger partial charge is 0.464 e. The summed E-state index contributed by atoms with van der Waals surface area (Å²) in [7, 11) is -2.87. The minimum absolute atomic E-state index is 0.000841. The Labute approximate surface area is 271 Å². The van der Waals surface area contributed by atoms with E-state index in [1.54, 1.807) is 35.9 Å². The Balaban J connectivity index is 1.43. The van der Waals surface area contributed by atoms with Crippen LogP contribution in [0, 0.1) is 5.41 Å². The van der Waals surface area contributed by atoms with Gasteiger partial charge in [0.1, 0.15) is 36.9 Å². The van der Waals surface area contributed by atoms with Crippen molar-refractivity contribution >= 4 is 47.4 Å². The van der Waals surface area contributed by atoms with Gasteiger partial charge in [-0.3, -0.25) is 13.9 Å². The summed E-state index contributed by atoms with van der Waals surface area (Å²) in [4.78, 5) is 25.7. The summed E-state index contributed by atoms with van der Waals surface area (Å²) in [6.07, 6.45) is -1.73. The fourth-order valence-electron chi connectivity index (χ4n) is 5.03. The minimum Gasteiger partial charge on any atom is -0.464 e. The molecule has 0 saturated heterocycles. The summed E-state index contributed by atoms with van der Waals surface area (Å²) in [5.41, 5.74) is 4.19. The summed E-state index contributed by atoms with van der Waals surface area (Å²) >= 11 is 0. The lowest BCUT2D eigenvalue weighted by Gasteiger charge is -2.25. The molecular weight excluding hydrogens is 632 g/mol. The number of alkyl halides is 1. The molecule has 1 saturated carbocycles. The highest BCUT2D eigenvalue weighted by atomic mass is 31.2. The zero-order valence-electron chi connectivity index (χ0n) is 27.1. The molecule has 1 fully saturated rings. The first-order chi connectivity index (χ1) is 22.2. The number of hydrogen-bond acceptors (Lipinski definition) is 12. The van der Waals surface area contributed by atoms with Crippen LogP contribution in [0.3, 0.4) is 0 Å². The van der Waals surface area contributed by atoms with Gasteiger partial charge >= 0.3 is 13.7 Å². The standard InChI is InChI=1S/C31H41FN7O7P/c1-7-22(39-17-35-23-26(34-6)36-29(33)37-27(23)39)44-24-25(31(24,41)15-32)46-47(42,38-18(2)28(40)43-16-30(3,4)5)45-21-14-10-12-19-11-8-9-13-20(19)21/h8-14,17-18,22,24-25,41H,7,15-16H2,1-6H3,(H,38,42)(H3,33,34,36,37)/t18-,22-,24-,25?,31+,47+/m1/s1. The van der Waals surface area contributed by atoms with Crippen LogP contribution < -0.4 is 20.7 Å². The van der Waals surface area contributed by atoms with Crippen molar-refractivity contribution in [2.24, 2.45) is 5.41 Å². The van der Waals surface area contributed by atoms with Gasteiger partial charge in [-0.2, -0.15) is 15.1 Å². The van der Waals surface area contributed by atoms with Gasteiger partial charge in [0.15, 0.2) is 22.6 Å². The summed E-state index contributed by atoms with van der Waals surface area (Å²) < 4.78 is 54.1. The van der Waals surface area contributed by atoms with Crippen molar-refractivity contribution in [1.29, 1.82) is 0 Å². The van der Waals surface area contributed by atoms with Crippen LogP contribution in [0.15, 0.2) is 48.8 Å². The Kier molecular flexibility index (Phi) is 9.76. The molecule has 16 heteroatoms. The Morgan fingerprint density at radius 2 is 1.91 bits per heavy atom. The number of hydrogen-bond donors (Lipinski definition) is 4. The molecule has 14 nitrogen and oxygen atoms in total. The molecule has 0 spiro atoms. The molecule has 1 aliphatic carbocycles. The van der Waals surface area contributed by atoms with Gasteiger partial charge in [-0.25, -0.2) is 13.9 Å². The number of carbonyl (C=O) groups excluding carboxylic acids is 1. The predicted molar refractivity (Wildman–Crippen MR) is 174 cm³/mol. The summed E-state index contributed by atoms with van der Waals surface area (Å²) in [6, 6.07) is 11.2. The third kappa shape index (κ3) is 7.34. The number of imidazole rings is 1. The normalized spacial score (nSPS) is 22.0. The molecule has 5 N–H and O–H groups in total. The maximum Gasteiger partial charge on any atom is 0.459 e. The third-order valence-electron chi connectivity index (χ3n) is 7.58. The molecule has 254 valence electrons. The van der Waals surface area contributed by atoms with E-state index in [0.717, 1.165) is 5.39 Å². The number of halogens is 1. The Bertz CT molecular complexity index is 1800. The summed E-state index contributed by atoms with van der Waals surface area (Å²) in [6.45, 7) is 7.80. The van der Waals surface area contributed by atoms with Crippen molar-refractivity contribution in [3.8, 4) is 5.75 Å². The number of ether oxygens (including phenoxy) is 2. The van der Waals surface area contributed by atoms with Crippen LogP contribution in [0.2, 0.25) is 0 Å². The number of carbonyl (C=O) groups is 1. The van der Waals surface area contributed by atoms with Crippen LogP contribution in [0.1, 0.15) is 47.3 Å². The van der Waals surface area contributed by atoms with Crippen LogP contribution in [0.4, 0.5) is 16.2 Å². The number of rotatable bonds is 14.